The van der Waals surface area contributed by atoms with Crippen molar-refractivity contribution in [3.8, 4) is 0 Å². The fourth-order valence-corrected chi connectivity index (χ4v) is 2.45. The number of amides is 1. The number of benzene rings is 1. The summed E-state index contributed by atoms with van der Waals surface area (Å²) >= 11 is 0. The van der Waals surface area contributed by atoms with E-state index < -0.39 is 0 Å². The quantitative estimate of drug-likeness (QED) is 0.776. The van der Waals surface area contributed by atoms with E-state index in [1.165, 1.54) is 0 Å². The van der Waals surface area contributed by atoms with Crippen molar-refractivity contribution in [3.05, 3.63) is 47.8 Å². The molecule has 3 rings (SSSR count). The van der Waals surface area contributed by atoms with Gasteiger partial charge in [-0.2, -0.15) is 5.10 Å². The van der Waals surface area contributed by atoms with Crippen molar-refractivity contribution in [2.45, 2.75) is 6.92 Å². The first-order chi connectivity index (χ1) is 9.56. The van der Waals surface area contributed by atoms with E-state index in [0.717, 1.165) is 16.6 Å². The first-order valence-electron chi connectivity index (χ1n) is 6.42. The Labute approximate surface area is 116 Å². The highest BCUT2D eigenvalue weighted by molar-refractivity contribution is 6.11. The van der Waals surface area contributed by atoms with Crippen LogP contribution in [0.3, 0.4) is 0 Å². The standard InChI is InChI=1S/C15H16N4O/c1-10-9-13(19(3)17-10)16-15(20)12-6-4-5-11-7-8-18(2)14(11)12/h4-9H,1-3H3,(H,16,20). The highest BCUT2D eigenvalue weighted by Crippen LogP contribution is 2.20. The Kier molecular flexibility index (Phi) is 2.82. The minimum atomic E-state index is -0.125. The molecule has 5 heteroatoms. The zero-order valence-corrected chi connectivity index (χ0v) is 11.7. The van der Waals surface area contributed by atoms with Crippen LogP contribution in [0, 0.1) is 6.92 Å². The second-order valence-electron chi connectivity index (χ2n) is 4.92. The Balaban J connectivity index is 2.01. The topological polar surface area (TPSA) is 51.9 Å². The van der Waals surface area contributed by atoms with Gasteiger partial charge >= 0.3 is 0 Å². The van der Waals surface area contributed by atoms with Crippen molar-refractivity contribution < 1.29 is 4.79 Å². The number of hydrogen-bond acceptors (Lipinski definition) is 2. The predicted molar refractivity (Wildman–Crippen MR) is 78.8 cm³/mol. The Hall–Kier alpha value is -2.56. The maximum Gasteiger partial charge on any atom is 0.258 e. The summed E-state index contributed by atoms with van der Waals surface area (Å²) in [5.41, 5.74) is 2.47. The van der Waals surface area contributed by atoms with Gasteiger partial charge in [0.15, 0.2) is 0 Å². The molecule has 5 nitrogen and oxygen atoms in total. The van der Waals surface area contributed by atoms with E-state index in [1.54, 1.807) is 4.68 Å². The molecular weight excluding hydrogens is 252 g/mol. The summed E-state index contributed by atoms with van der Waals surface area (Å²) in [6, 6.07) is 9.58. The Morgan fingerprint density at radius 3 is 2.75 bits per heavy atom. The van der Waals surface area contributed by atoms with Crippen LogP contribution >= 0.6 is 0 Å². The molecule has 0 saturated carbocycles. The van der Waals surface area contributed by atoms with Gasteiger partial charge in [0, 0.05) is 31.7 Å². The monoisotopic (exact) mass is 268 g/mol. The van der Waals surface area contributed by atoms with Gasteiger partial charge in [0.25, 0.3) is 5.91 Å². The van der Waals surface area contributed by atoms with Gasteiger partial charge in [-0.25, -0.2) is 0 Å². The Morgan fingerprint density at radius 1 is 1.25 bits per heavy atom. The summed E-state index contributed by atoms with van der Waals surface area (Å²) in [5.74, 6) is 0.569. The summed E-state index contributed by atoms with van der Waals surface area (Å²) in [4.78, 5) is 12.5. The molecular formula is C15H16N4O. The Bertz CT molecular complexity index is 797. The van der Waals surface area contributed by atoms with Crippen LogP contribution in [0.1, 0.15) is 16.1 Å². The van der Waals surface area contributed by atoms with E-state index >= 15 is 0 Å². The smallest absolute Gasteiger partial charge is 0.258 e. The maximum atomic E-state index is 12.5. The molecule has 0 aliphatic heterocycles. The lowest BCUT2D eigenvalue weighted by molar-refractivity contribution is 0.102. The highest BCUT2D eigenvalue weighted by Gasteiger charge is 2.14. The SMILES string of the molecule is Cc1cc(NC(=O)c2cccc3ccn(C)c23)n(C)n1. The summed E-state index contributed by atoms with van der Waals surface area (Å²) in [7, 11) is 3.75. The van der Waals surface area contributed by atoms with Crippen molar-refractivity contribution in [2.75, 3.05) is 5.32 Å². The first-order valence-corrected chi connectivity index (χ1v) is 6.42. The Morgan fingerprint density at radius 2 is 2.05 bits per heavy atom. The molecule has 1 aromatic carbocycles. The highest BCUT2D eigenvalue weighted by atomic mass is 16.1. The molecule has 3 aromatic rings. The molecule has 0 radical (unpaired) electrons. The van der Waals surface area contributed by atoms with Gasteiger partial charge in [0.2, 0.25) is 0 Å². The molecule has 0 aliphatic carbocycles. The number of carbonyl (C=O) groups excluding carboxylic acids is 1. The second kappa shape index (κ2) is 4.52. The van der Waals surface area contributed by atoms with Crippen LogP contribution in [0.4, 0.5) is 5.82 Å². The third kappa shape index (κ3) is 1.97. The zero-order chi connectivity index (χ0) is 14.3. The zero-order valence-electron chi connectivity index (χ0n) is 11.7. The molecule has 1 amide bonds. The number of nitrogens with one attached hydrogen (secondary N) is 1. The van der Waals surface area contributed by atoms with Gasteiger partial charge < -0.3 is 9.88 Å². The van der Waals surface area contributed by atoms with E-state index in [0.29, 0.717) is 11.4 Å². The van der Waals surface area contributed by atoms with Crippen LogP contribution in [0.15, 0.2) is 36.5 Å². The minimum absolute atomic E-state index is 0.125. The summed E-state index contributed by atoms with van der Waals surface area (Å²) in [5, 5.41) is 8.19. The number of rotatable bonds is 2. The molecule has 0 fully saturated rings. The maximum absolute atomic E-state index is 12.5. The van der Waals surface area contributed by atoms with Crippen LogP contribution in [0.25, 0.3) is 10.9 Å². The largest absolute Gasteiger partial charge is 0.350 e. The van der Waals surface area contributed by atoms with Gasteiger partial charge in [-0.15, -0.1) is 0 Å². The van der Waals surface area contributed by atoms with Crippen molar-refractivity contribution in [3.63, 3.8) is 0 Å². The molecule has 20 heavy (non-hydrogen) atoms. The lowest BCUT2D eigenvalue weighted by atomic mass is 10.1. The first kappa shape index (κ1) is 12.5. The molecule has 1 N–H and O–H groups in total. The van der Waals surface area contributed by atoms with Crippen LogP contribution < -0.4 is 5.32 Å². The third-order valence-corrected chi connectivity index (χ3v) is 3.39. The molecule has 0 aliphatic rings. The van der Waals surface area contributed by atoms with E-state index in [4.69, 9.17) is 0 Å². The van der Waals surface area contributed by atoms with Crippen molar-refractivity contribution in [1.29, 1.82) is 0 Å². The molecule has 0 atom stereocenters. The number of aryl methyl sites for hydroxylation is 3. The predicted octanol–water partition coefficient (Wildman–Crippen LogP) is 2.47. The molecule has 2 aromatic heterocycles. The number of fused-ring (bicyclic) bond motifs is 1. The van der Waals surface area contributed by atoms with Crippen LogP contribution in [-0.2, 0) is 14.1 Å². The fourth-order valence-electron chi connectivity index (χ4n) is 2.45. The molecule has 0 spiro atoms. The van der Waals surface area contributed by atoms with Gasteiger partial charge in [0.1, 0.15) is 5.82 Å². The average Bonchev–Trinajstić information content (AvgIpc) is 2.93. The number of carbonyl (C=O) groups is 1. The van der Waals surface area contributed by atoms with Crippen molar-refractivity contribution in [1.82, 2.24) is 14.3 Å². The number of hydrogen-bond donors (Lipinski definition) is 1. The second-order valence-corrected chi connectivity index (χ2v) is 4.92. The van der Waals surface area contributed by atoms with Crippen LogP contribution in [0.5, 0.6) is 0 Å². The molecule has 0 saturated heterocycles. The number of para-hydroxylation sites is 1. The number of aromatic nitrogens is 3. The van der Waals surface area contributed by atoms with E-state index in [2.05, 4.69) is 10.4 Å². The lowest BCUT2D eigenvalue weighted by Gasteiger charge is -2.08. The molecule has 2 heterocycles. The van der Waals surface area contributed by atoms with Crippen molar-refractivity contribution >= 4 is 22.6 Å². The third-order valence-electron chi connectivity index (χ3n) is 3.39. The van der Waals surface area contributed by atoms with Gasteiger partial charge in [0.05, 0.1) is 16.8 Å². The molecule has 0 bridgehead atoms. The average molecular weight is 268 g/mol. The van der Waals surface area contributed by atoms with Gasteiger partial charge in [-0.05, 0) is 19.1 Å². The summed E-state index contributed by atoms with van der Waals surface area (Å²) in [6.45, 7) is 1.90. The van der Waals surface area contributed by atoms with E-state index in [1.807, 2.05) is 62.1 Å². The number of anilines is 1. The van der Waals surface area contributed by atoms with E-state index in [-0.39, 0.29) is 5.91 Å². The number of nitrogens with zero attached hydrogens (tertiary/aromatic N) is 3. The normalized spacial score (nSPS) is 10.9. The molecule has 0 unspecified atom stereocenters. The van der Waals surface area contributed by atoms with E-state index in [9.17, 15) is 4.79 Å². The molecule has 102 valence electrons. The minimum Gasteiger partial charge on any atom is -0.350 e. The fraction of sp³-hybridized carbons (Fsp3) is 0.200. The van der Waals surface area contributed by atoms with Gasteiger partial charge in [-0.1, -0.05) is 12.1 Å². The lowest BCUT2D eigenvalue weighted by Crippen LogP contribution is -2.15. The van der Waals surface area contributed by atoms with Gasteiger partial charge in [-0.3, -0.25) is 9.48 Å². The van der Waals surface area contributed by atoms with Crippen molar-refractivity contribution in [2.24, 2.45) is 14.1 Å². The van der Waals surface area contributed by atoms with Crippen LogP contribution in [0.2, 0.25) is 0 Å². The summed E-state index contributed by atoms with van der Waals surface area (Å²) < 4.78 is 3.62. The van der Waals surface area contributed by atoms with Crippen LogP contribution in [-0.4, -0.2) is 20.3 Å². The summed E-state index contributed by atoms with van der Waals surface area (Å²) in [6.07, 6.45) is 1.95.